The van der Waals surface area contributed by atoms with Gasteiger partial charge in [-0.3, -0.25) is 14.3 Å². The van der Waals surface area contributed by atoms with Gasteiger partial charge >= 0.3 is 11.7 Å². The van der Waals surface area contributed by atoms with Crippen molar-refractivity contribution < 1.29 is 14.0 Å². The van der Waals surface area contributed by atoms with E-state index < -0.39 is 20.7 Å². The van der Waals surface area contributed by atoms with E-state index in [9.17, 15) is 14.4 Å². The molecule has 2 rings (SSSR count). The van der Waals surface area contributed by atoms with Crippen LogP contribution >= 0.6 is 0 Å². The molecule has 0 fully saturated rings. The zero-order chi connectivity index (χ0) is 24.2. The Kier molecular flexibility index (Phi) is 8.65. The molecule has 3 unspecified atom stereocenters. The first kappa shape index (κ1) is 26.1. The van der Waals surface area contributed by atoms with Gasteiger partial charge in [0, 0.05) is 23.8 Å². The molecule has 32 heavy (non-hydrogen) atoms. The molecule has 7 nitrogen and oxygen atoms in total. The smallest absolute Gasteiger partial charge is 0.330 e. The summed E-state index contributed by atoms with van der Waals surface area (Å²) < 4.78 is 13.2. The molecule has 1 heterocycles. The summed E-state index contributed by atoms with van der Waals surface area (Å²) in [4.78, 5) is 38.8. The van der Waals surface area contributed by atoms with Crippen molar-refractivity contribution in [3.8, 4) is 0 Å². The summed E-state index contributed by atoms with van der Waals surface area (Å²) in [5.41, 5.74) is 0.497. The minimum absolute atomic E-state index is 0.00268. The molecule has 1 N–H and O–H groups in total. The quantitative estimate of drug-likeness (QED) is 0.345. The van der Waals surface area contributed by atoms with E-state index in [0.29, 0.717) is 24.5 Å². The summed E-state index contributed by atoms with van der Waals surface area (Å²) in [6.45, 7) is 16.9. The number of ether oxygens (including phenoxy) is 1. The minimum Gasteiger partial charge on any atom is -0.463 e. The molecule has 1 aromatic rings. The largest absolute Gasteiger partial charge is 0.463 e. The summed E-state index contributed by atoms with van der Waals surface area (Å²) in [6, 6.07) is -0.243. The summed E-state index contributed by atoms with van der Waals surface area (Å²) in [6.07, 6.45) is 7.43. The fraction of sp³-hybridized carbons (Fsp3) is 0.625. The van der Waals surface area contributed by atoms with Gasteiger partial charge in [-0.15, -0.1) is 0 Å². The minimum atomic E-state index is -1.38. The Bertz CT molecular complexity index is 987. The molecule has 0 aliphatic heterocycles. The number of esters is 1. The first-order valence-corrected chi connectivity index (χ1v) is 14.2. The first-order chi connectivity index (χ1) is 14.9. The monoisotopic (exact) mass is 462 g/mol. The summed E-state index contributed by atoms with van der Waals surface area (Å²) >= 11 is 0. The molecule has 0 aromatic carbocycles. The van der Waals surface area contributed by atoms with Gasteiger partial charge in [0.2, 0.25) is 0 Å². The molecule has 0 amide bonds. The molecule has 0 bridgehead atoms. The normalized spacial score (nSPS) is 20.2. The van der Waals surface area contributed by atoms with Crippen molar-refractivity contribution in [2.75, 3.05) is 6.61 Å². The van der Waals surface area contributed by atoms with Crippen LogP contribution in [0.4, 0.5) is 0 Å². The number of H-pyrrole nitrogens is 1. The van der Waals surface area contributed by atoms with Crippen LogP contribution in [0.25, 0.3) is 0 Å². The average molecular weight is 463 g/mol. The maximum Gasteiger partial charge on any atom is 0.330 e. The Morgan fingerprint density at radius 2 is 2.00 bits per heavy atom. The Hall–Kier alpha value is -2.19. The van der Waals surface area contributed by atoms with E-state index in [1.165, 1.54) is 6.08 Å². The predicted molar refractivity (Wildman–Crippen MR) is 129 cm³/mol. The van der Waals surface area contributed by atoms with Crippen molar-refractivity contribution in [3.63, 3.8) is 0 Å². The number of carbonyl (C=O) groups is 1. The molecule has 0 saturated carbocycles. The van der Waals surface area contributed by atoms with Crippen LogP contribution in [0.1, 0.15) is 52.6 Å². The van der Waals surface area contributed by atoms with Crippen LogP contribution in [0.15, 0.2) is 39.6 Å². The van der Waals surface area contributed by atoms with Crippen molar-refractivity contribution in [2.24, 2.45) is 17.3 Å². The number of rotatable bonds is 9. The van der Waals surface area contributed by atoms with Gasteiger partial charge in [-0.05, 0) is 50.3 Å². The molecule has 3 atom stereocenters. The van der Waals surface area contributed by atoms with E-state index in [2.05, 4.69) is 45.8 Å². The lowest BCUT2D eigenvalue weighted by atomic mass is 9.70. The fourth-order valence-corrected chi connectivity index (χ4v) is 5.21. The number of hydrogen-bond donors (Lipinski definition) is 1. The Balaban J connectivity index is 2.55. The van der Waals surface area contributed by atoms with E-state index in [1.54, 1.807) is 30.7 Å². The van der Waals surface area contributed by atoms with Gasteiger partial charge in [0.1, 0.15) is 0 Å². The second-order valence-electron chi connectivity index (χ2n) is 9.72. The van der Waals surface area contributed by atoms with Crippen LogP contribution in [0, 0.1) is 24.2 Å². The highest BCUT2D eigenvalue weighted by atomic mass is 28.3. The zero-order valence-electron chi connectivity index (χ0n) is 20.6. The van der Waals surface area contributed by atoms with Gasteiger partial charge < -0.3 is 9.16 Å². The predicted octanol–water partition coefficient (Wildman–Crippen LogP) is 3.50. The second-order valence-corrected chi connectivity index (χ2v) is 12.1. The highest BCUT2D eigenvalue weighted by Gasteiger charge is 2.43. The molecule has 8 heteroatoms. The van der Waals surface area contributed by atoms with Gasteiger partial charge in [0.15, 0.2) is 9.04 Å². The Morgan fingerprint density at radius 3 is 2.56 bits per heavy atom. The van der Waals surface area contributed by atoms with Crippen molar-refractivity contribution >= 4 is 15.0 Å². The van der Waals surface area contributed by atoms with Crippen molar-refractivity contribution in [2.45, 2.75) is 73.2 Å². The van der Waals surface area contributed by atoms with E-state index in [1.807, 2.05) is 6.08 Å². The molecule has 1 aromatic heterocycles. The van der Waals surface area contributed by atoms with Crippen LogP contribution in [-0.4, -0.2) is 37.3 Å². The number of carbonyl (C=O) groups excluding carboxylic acids is 1. The third-order valence-corrected chi connectivity index (χ3v) is 7.35. The third kappa shape index (κ3) is 5.98. The molecule has 0 spiro atoms. The molecule has 178 valence electrons. The van der Waals surface area contributed by atoms with Crippen molar-refractivity contribution in [1.29, 1.82) is 0 Å². The van der Waals surface area contributed by atoms with Gasteiger partial charge in [0.25, 0.3) is 5.56 Å². The lowest BCUT2D eigenvalue weighted by Gasteiger charge is -2.43. The Labute approximate surface area is 192 Å². The van der Waals surface area contributed by atoms with Gasteiger partial charge in [-0.25, -0.2) is 9.59 Å². The lowest BCUT2D eigenvalue weighted by Crippen LogP contribution is -2.44. The lowest BCUT2D eigenvalue weighted by molar-refractivity contribution is -0.137. The van der Waals surface area contributed by atoms with E-state index in [-0.39, 0.29) is 29.0 Å². The van der Waals surface area contributed by atoms with Crippen molar-refractivity contribution in [1.82, 2.24) is 9.55 Å². The van der Waals surface area contributed by atoms with Crippen molar-refractivity contribution in [3.05, 3.63) is 56.4 Å². The highest BCUT2D eigenvalue weighted by Crippen LogP contribution is 2.45. The molecular weight excluding hydrogens is 424 g/mol. The number of aromatic nitrogens is 2. The maximum atomic E-state index is 12.6. The highest BCUT2D eigenvalue weighted by molar-refractivity contribution is 6.48. The fourth-order valence-electron chi connectivity index (χ4n) is 4.08. The van der Waals surface area contributed by atoms with E-state index in [4.69, 9.17) is 9.16 Å². The molecule has 0 saturated heterocycles. The zero-order valence-corrected chi connectivity index (χ0v) is 21.8. The number of allylic oxidation sites excluding steroid dienone is 2. The Morgan fingerprint density at radius 1 is 1.34 bits per heavy atom. The van der Waals surface area contributed by atoms with Crippen LogP contribution in [-0.2, 0) is 14.0 Å². The number of nitrogens with zero attached hydrogens (tertiary/aromatic N) is 1. The summed E-state index contributed by atoms with van der Waals surface area (Å²) in [5, 5.41) is 0. The molecule has 1 aliphatic rings. The third-order valence-electron chi connectivity index (χ3n) is 6.52. The number of hydrogen-bond acceptors (Lipinski definition) is 5. The number of nitrogens with one attached hydrogen (secondary N) is 1. The molecule has 1 aliphatic carbocycles. The van der Waals surface area contributed by atoms with Crippen LogP contribution in [0.2, 0.25) is 13.1 Å². The topological polar surface area (TPSA) is 90.4 Å². The molecule has 0 radical (unpaired) electrons. The summed E-state index contributed by atoms with van der Waals surface area (Å²) in [7, 11) is -1.38. The average Bonchev–Trinajstić information content (AvgIpc) is 3.10. The summed E-state index contributed by atoms with van der Waals surface area (Å²) in [5.74, 6) is -0.0313. The van der Waals surface area contributed by atoms with Gasteiger partial charge in [-0.2, -0.15) is 0 Å². The number of aryl methyl sites for hydroxylation is 1. The van der Waals surface area contributed by atoms with Crippen LogP contribution < -0.4 is 11.2 Å². The van der Waals surface area contributed by atoms with Gasteiger partial charge in [0.05, 0.1) is 18.8 Å². The SMILES string of the molecule is CCOC(=O)C=CC1=CC(n2cc(C)c(=O)[nH]c2=O)CC1C(O[SiH](C)C)C(C)(C)C(C)C. The van der Waals surface area contributed by atoms with Gasteiger partial charge in [-0.1, -0.05) is 39.8 Å². The van der Waals surface area contributed by atoms with Crippen LogP contribution in [0.5, 0.6) is 0 Å². The van der Waals surface area contributed by atoms with E-state index in [0.717, 1.165) is 5.57 Å². The molecular formula is C24H38N2O5Si. The maximum absolute atomic E-state index is 12.6. The van der Waals surface area contributed by atoms with E-state index >= 15 is 0 Å². The first-order valence-electron chi connectivity index (χ1n) is 11.4. The standard InChI is InChI=1S/C24H38N2O5Si/c1-9-30-20(27)11-10-17-12-18(26-14-16(4)22(28)25-23(26)29)13-19(17)21(31-32(7)8)24(5,6)15(2)3/h10-12,14-15,18-19,21,32H,9,13H2,1-8H3,(H,25,28,29). The number of aromatic amines is 1. The van der Waals surface area contributed by atoms with Crippen LogP contribution in [0.3, 0.4) is 0 Å². The second kappa shape index (κ2) is 10.6.